The molecule has 3 aromatic carbocycles. The number of aromatic amines is 1. The molecule has 2 aromatic heterocycles. The minimum atomic E-state index is -0.324. The van der Waals surface area contributed by atoms with Gasteiger partial charge >= 0.3 is 0 Å². The van der Waals surface area contributed by atoms with Crippen LogP contribution in [0.25, 0.3) is 21.3 Å². The van der Waals surface area contributed by atoms with Gasteiger partial charge in [0.25, 0.3) is 5.56 Å². The molecule has 0 aliphatic heterocycles. The molecule has 1 N–H and O–H groups in total. The zero-order chi connectivity index (χ0) is 23.7. The molecule has 2 heterocycles. The fourth-order valence-corrected chi connectivity index (χ4v) is 5.19. The number of H-pyrrole nitrogens is 1. The van der Waals surface area contributed by atoms with E-state index in [-0.39, 0.29) is 23.2 Å². The van der Waals surface area contributed by atoms with E-state index < -0.39 is 0 Å². The second kappa shape index (κ2) is 9.29. The molecule has 0 bridgehead atoms. The number of thiophene rings is 1. The van der Waals surface area contributed by atoms with E-state index in [1.807, 2.05) is 42.8 Å². The monoisotopic (exact) mass is 473 g/mol. The van der Waals surface area contributed by atoms with E-state index in [9.17, 15) is 13.6 Å². The summed E-state index contributed by atoms with van der Waals surface area (Å²) in [7, 11) is 1.95. The highest BCUT2D eigenvalue weighted by Crippen LogP contribution is 2.32. The molecule has 5 aromatic rings. The van der Waals surface area contributed by atoms with Crippen molar-refractivity contribution in [1.82, 2.24) is 14.9 Å². The Morgan fingerprint density at radius 1 is 0.912 bits per heavy atom. The lowest BCUT2D eigenvalue weighted by Gasteiger charge is -2.28. The van der Waals surface area contributed by atoms with Crippen LogP contribution in [0, 0.1) is 11.6 Å². The first kappa shape index (κ1) is 22.1. The highest BCUT2D eigenvalue weighted by molar-refractivity contribution is 7.17. The second-order valence-electron chi connectivity index (χ2n) is 8.13. The van der Waals surface area contributed by atoms with Gasteiger partial charge in [0.2, 0.25) is 0 Å². The van der Waals surface area contributed by atoms with Gasteiger partial charge in [-0.2, -0.15) is 0 Å². The van der Waals surface area contributed by atoms with Crippen LogP contribution in [0.1, 0.15) is 23.0 Å². The van der Waals surface area contributed by atoms with Crippen LogP contribution in [0.4, 0.5) is 8.78 Å². The smallest absolute Gasteiger partial charge is 0.260 e. The molecule has 0 aliphatic rings. The first-order valence-corrected chi connectivity index (χ1v) is 11.6. The van der Waals surface area contributed by atoms with Gasteiger partial charge in [0.15, 0.2) is 0 Å². The Kier molecular flexibility index (Phi) is 6.04. The molecular weight excluding hydrogens is 452 g/mol. The fraction of sp³-hybridized carbons (Fsp3) is 0.111. The Balaban J connectivity index is 1.49. The SMILES string of the molecule is CN(Cc1nc2scc(-c3ccc(F)cc3)c2c(=O)[nH]1)C(c1ccccc1)c1ccc(F)cc1. The number of nitrogens with one attached hydrogen (secondary N) is 1. The van der Waals surface area contributed by atoms with Crippen LogP contribution >= 0.6 is 11.3 Å². The van der Waals surface area contributed by atoms with Gasteiger partial charge < -0.3 is 4.98 Å². The number of hydrogen-bond donors (Lipinski definition) is 1. The lowest BCUT2D eigenvalue weighted by Crippen LogP contribution is -2.27. The van der Waals surface area contributed by atoms with Gasteiger partial charge in [-0.15, -0.1) is 11.3 Å². The Hall–Kier alpha value is -3.68. The van der Waals surface area contributed by atoms with E-state index in [0.717, 1.165) is 22.3 Å². The summed E-state index contributed by atoms with van der Waals surface area (Å²) in [6.45, 7) is 0.381. The van der Waals surface area contributed by atoms with E-state index in [2.05, 4.69) is 9.88 Å². The van der Waals surface area contributed by atoms with Crippen molar-refractivity contribution in [2.45, 2.75) is 12.6 Å². The number of halogens is 2. The predicted octanol–water partition coefficient (Wildman–Crippen LogP) is 6.15. The van der Waals surface area contributed by atoms with Crippen molar-refractivity contribution in [2.24, 2.45) is 0 Å². The summed E-state index contributed by atoms with van der Waals surface area (Å²) in [5, 5.41) is 2.38. The van der Waals surface area contributed by atoms with E-state index in [4.69, 9.17) is 4.98 Å². The third kappa shape index (κ3) is 4.40. The maximum atomic E-state index is 13.6. The van der Waals surface area contributed by atoms with Crippen molar-refractivity contribution in [1.29, 1.82) is 0 Å². The van der Waals surface area contributed by atoms with Gasteiger partial charge in [0.05, 0.1) is 18.0 Å². The Morgan fingerprint density at radius 3 is 2.21 bits per heavy atom. The zero-order valence-corrected chi connectivity index (χ0v) is 19.2. The van der Waals surface area contributed by atoms with Crippen molar-refractivity contribution in [3.05, 3.63) is 123 Å². The number of aromatic nitrogens is 2. The summed E-state index contributed by atoms with van der Waals surface area (Å²) in [6.07, 6.45) is 0. The molecule has 0 radical (unpaired) electrons. The second-order valence-corrected chi connectivity index (χ2v) is 8.99. The molecule has 170 valence electrons. The summed E-state index contributed by atoms with van der Waals surface area (Å²) in [4.78, 5) is 23.4. The van der Waals surface area contributed by atoms with Crippen molar-refractivity contribution in [3.63, 3.8) is 0 Å². The number of fused-ring (bicyclic) bond motifs is 1. The quantitative estimate of drug-likeness (QED) is 0.322. The van der Waals surface area contributed by atoms with Crippen LogP contribution in [-0.2, 0) is 6.54 Å². The molecular formula is C27H21F2N3OS. The molecule has 0 aliphatic carbocycles. The van der Waals surface area contributed by atoms with E-state index in [1.54, 1.807) is 24.3 Å². The van der Waals surface area contributed by atoms with Crippen LogP contribution in [0.3, 0.4) is 0 Å². The Bertz CT molecular complexity index is 1480. The maximum absolute atomic E-state index is 13.6. The summed E-state index contributed by atoms with van der Waals surface area (Å²) < 4.78 is 26.9. The molecule has 5 rings (SSSR count). The van der Waals surface area contributed by atoms with Gasteiger partial charge in [0.1, 0.15) is 22.3 Å². The minimum absolute atomic E-state index is 0.152. The van der Waals surface area contributed by atoms with E-state index >= 15 is 0 Å². The van der Waals surface area contributed by atoms with Crippen LogP contribution in [-0.4, -0.2) is 21.9 Å². The lowest BCUT2D eigenvalue weighted by atomic mass is 9.97. The topological polar surface area (TPSA) is 49.0 Å². The highest BCUT2D eigenvalue weighted by atomic mass is 32.1. The first-order chi connectivity index (χ1) is 16.5. The van der Waals surface area contributed by atoms with Gasteiger partial charge in [-0.3, -0.25) is 9.69 Å². The summed E-state index contributed by atoms with van der Waals surface area (Å²) in [6, 6.07) is 22.3. The first-order valence-electron chi connectivity index (χ1n) is 10.8. The van der Waals surface area contributed by atoms with Crippen LogP contribution in [0.15, 0.2) is 89.0 Å². The summed E-state index contributed by atoms with van der Waals surface area (Å²) in [5.41, 5.74) is 3.27. The molecule has 34 heavy (non-hydrogen) atoms. The molecule has 0 saturated heterocycles. The van der Waals surface area contributed by atoms with Gasteiger partial charge in [-0.1, -0.05) is 54.6 Å². The lowest BCUT2D eigenvalue weighted by molar-refractivity contribution is 0.264. The number of rotatable bonds is 6. The van der Waals surface area contributed by atoms with Crippen LogP contribution < -0.4 is 5.56 Å². The molecule has 7 heteroatoms. The molecule has 4 nitrogen and oxygen atoms in total. The number of hydrogen-bond acceptors (Lipinski definition) is 4. The minimum Gasteiger partial charge on any atom is -0.309 e. The number of nitrogens with zero attached hydrogens (tertiary/aromatic N) is 2. The van der Waals surface area contributed by atoms with Crippen LogP contribution in [0.5, 0.6) is 0 Å². The van der Waals surface area contributed by atoms with Crippen molar-refractivity contribution >= 4 is 21.6 Å². The van der Waals surface area contributed by atoms with E-state index in [0.29, 0.717) is 22.6 Å². The average molecular weight is 474 g/mol. The van der Waals surface area contributed by atoms with Gasteiger partial charge in [-0.25, -0.2) is 13.8 Å². The molecule has 0 saturated carbocycles. The zero-order valence-electron chi connectivity index (χ0n) is 18.3. The summed E-state index contributed by atoms with van der Waals surface area (Å²) >= 11 is 1.39. The Morgan fingerprint density at radius 2 is 1.53 bits per heavy atom. The molecule has 0 spiro atoms. The van der Waals surface area contributed by atoms with Gasteiger partial charge in [0, 0.05) is 10.9 Å². The normalized spacial score (nSPS) is 12.4. The van der Waals surface area contributed by atoms with E-state index in [1.165, 1.54) is 35.6 Å². The van der Waals surface area contributed by atoms with Crippen molar-refractivity contribution in [3.8, 4) is 11.1 Å². The molecule has 0 fully saturated rings. The standard InChI is InChI=1S/C27H21F2N3OS/c1-32(25(18-5-3-2-4-6-18)19-9-13-21(29)14-10-19)15-23-30-26(33)24-22(16-34-27(24)31-23)17-7-11-20(28)12-8-17/h2-14,16,25H,15H2,1H3,(H,30,31,33). The fourth-order valence-electron chi connectivity index (χ4n) is 4.22. The van der Waals surface area contributed by atoms with Crippen LogP contribution in [0.2, 0.25) is 0 Å². The van der Waals surface area contributed by atoms with Gasteiger partial charge in [-0.05, 0) is 48.0 Å². The maximum Gasteiger partial charge on any atom is 0.260 e. The molecule has 0 amide bonds. The third-order valence-corrected chi connectivity index (χ3v) is 6.66. The largest absolute Gasteiger partial charge is 0.309 e. The highest BCUT2D eigenvalue weighted by Gasteiger charge is 2.21. The predicted molar refractivity (Wildman–Crippen MR) is 132 cm³/mol. The summed E-state index contributed by atoms with van der Waals surface area (Å²) in [5.74, 6) is -0.0744. The Labute approximate surface area is 199 Å². The number of benzene rings is 3. The average Bonchev–Trinajstić information content (AvgIpc) is 3.26. The molecule has 1 unspecified atom stereocenters. The van der Waals surface area contributed by atoms with Crippen molar-refractivity contribution in [2.75, 3.05) is 7.05 Å². The van der Waals surface area contributed by atoms with Crippen molar-refractivity contribution < 1.29 is 8.78 Å². The molecule has 1 atom stereocenters. The third-order valence-electron chi connectivity index (χ3n) is 5.79.